The Kier molecular flexibility index (Phi) is 6.66. The van der Waals surface area contributed by atoms with Gasteiger partial charge in [-0.2, -0.15) is 0 Å². The topological polar surface area (TPSA) is 128 Å². The van der Waals surface area contributed by atoms with Crippen LogP contribution in [0, 0.1) is 5.82 Å². The number of hydrogen-bond donors (Lipinski definition) is 5. The minimum absolute atomic E-state index is 0.000536. The molecule has 11 heteroatoms. The van der Waals surface area contributed by atoms with Gasteiger partial charge in [0.15, 0.2) is 5.69 Å². The number of carbonyl (C=O) groups is 3. The Morgan fingerprint density at radius 3 is 2.33 bits per heavy atom. The van der Waals surface area contributed by atoms with E-state index in [1.165, 1.54) is 12.4 Å². The molecular weight excluding hydrogens is 451 g/mol. The lowest BCUT2D eigenvalue weighted by Crippen LogP contribution is -2.37. The Morgan fingerprint density at radius 2 is 1.70 bits per heavy atom. The van der Waals surface area contributed by atoms with E-state index in [1.807, 2.05) is 0 Å². The van der Waals surface area contributed by atoms with Crippen LogP contribution in [0.15, 0.2) is 48.8 Å². The van der Waals surface area contributed by atoms with Gasteiger partial charge in [-0.25, -0.2) is 9.37 Å². The summed E-state index contributed by atoms with van der Waals surface area (Å²) in [5, 5.41) is 11.3. The summed E-state index contributed by atoms with van der Waals surface area (Å²) in [7, 11) is 0. The van der Waals surface area contributed by atoms with Crippen molar-refractivity contribution in [3.63, 3.8) is 0 Å². The number of imidazole rings is 1. The molecule has 0 aliphatic carbocycles. The highest BCUT2D eigenvalue weighted by Gasteiger charge is 2.24. The zero-order valence-electron chi connectivity index (χ0n) is 17.2. The van der Waals surface area contributed by atoms with Crippen LogP contribution in [0.25, 0.3) is 0 Å². The molecule has 1 aliphatic heterocycles. The molecule has 5 N–H and O–H groups in total. The van der Waals surface area contributed by atoms with Crippen molar-refractivity contribution in [1.82, 2.24) is 20.6 Å². The number of hydrogen-bond acceptors (Lipinski definition) is 5. The zero-order chi connectivity index (χ0) is 23.4. The maximum atomic E-state index is 13.2. The highest BCUT2D eigenvalue weighted by Crippen LogP contribution is 2.20. The maximum Gasteiger partial charge on any atom is 0.276 e. The third-order valence-corrected chi connectivity index (χ3v) is 5.37. The Labute approximate surface area is 193 Å². The molecule has 2 aromatic carbocycles. The van der Waals surface area contributed by atoms with Gasteiger partial charge in [-0.15, -0.1) is 0 Å². The summed E-state index contributed by atoms with van der Waals surface area (Å²) >= 11 is 5.92. The summed E-state index contributed by atoms with van der Waals surface area (Å²) in [6.45, 7) is 1.51. The van der Waals surface area contributed by atoms with E-state index < -0.39 is 23.5 Å². The van der Waals surface area contributed by atoms with E-state index in [-0.39, 0.29) is 28.0 Å². The molecule has 2 heterocycles. The van der Waals surface area contributed by atoms with Crippen LogP contribution in [-0.2, 0) is 0 Å². The first-order valence-electron chi connectivity index (χ1n) is 10.1. The largest absolute Gasteiger partial charge is 0.347 e. The van der Waals surface area contributed by atoms with Crippen LogP contribution < -0.4 is 21.3 Å². The molecule has 3 amide bonds. The fourth-order valence-corrected chi connectivity index (χ4v) is 3.63. The number of benzene rings is 2. The maximum absolute atomic E-state index is 13.2. The normalized spacial score (nSPS) is 15.2. The second-order valence-corrected chi connectivity index (χ2v) is 7.81. The molecule has 4 rings (SSSR count). The molecule has 0 spiro atoms. The van der Waals surface area contributed by atoms with E-state index >= 15 is 0 Å². The average molecular weight is 471 g/mol. The molecule has 1 fully saturated rings. The Balaban J connectivity index is 1.38. The molecule has 170 valence electrons. The smallest absolute Gasteiger partial charge is 0.276 e. The second-order valence-electron chi connectivity index (χ2n) is 7.40. The van der Waals surface area contributed by atoms with Crippen molar-refractivity contribution in [3.8, 4) is 0 Å². The van der Waals surface area contributed by atoms with Crippen LogP contribution in [0.1, 0.15) is 37.8 Å². The number of aromatic amines is 1. The fourth-order valence-electron chi connectivity index (χ4n) is 3.37. The number of halogens is 2. The Morgan fingerprint density at radius 1 is 1.00 bits per heavy atom. The molecule has 33 heavy (non-hydrogen) atoms. The van der Waals surface area contributed by atoms with Gasteiger partial charge >= 0.3 is 0 Å². The fraction of sp³-hybridized carbons (Fsp3) is 0.182. The van der Waals surface area contributed by atoms with Crippen molar-refractivity contribution in [2.24, 2.45) is 0 Å². The number of rotatable bonds is 6. The molecule has 0 bridgehead atoms. The summed E-state index contributed by atoms with van der Waals surface area (Å²) in [6.07, 6.45) is 2.10. The number of aromatic nitrogens is 2. The quantitative estimate of drug-likeness (QED) is 0.378. The van der Waals surface area contributed by atoms with Crippen LogP contribution in [0.5, 0.6) is 0 Å². The first kappa shape index (κ1) is 22.4. The van der Waals surface area contributed by atoms with Crippen LogP contribution in [0.3, 0.4) is 0 Å². The molecule has 1 unspecified atom stereocenters. The minimum Gasteiger partial charge on any atom is -0.347 e. The van der Waals surface area contributed by atoms with E-state index in [4.69, 9.17) is 11.6 Å². The lowest BCUT2D eigenvalue weighted by atomic mass is 10.2. The SMILES string of the molecule is O=C(Nc1ccc(NC(=O)c2nc[nH]c2C(=O)NC2CCNC2)cc1)c1ccc(F)cc1Cl. The predicted molar refractivity (Wildman–Crippen MR) is 121 cm³/mol. The molecule has 1 saturated heterocycles. The van der Waals surface area contributed by atoms with Crippen molar-refractivity contribution < 1.29 is 18.8 Å². The first-order valence-corrected chi connectivity index (χ1v) is 10.5. The molecule has 1 aliphatic rings. The van der Waals surface area contributed by atoms with Gasteiger partial charge in [0.25, 0.3) is 17.7 Å². The average Bonchev–Trinajstić information content (AvgIpc) is 3.47. The summed E-state index contributed by atoms with van der Waals surface area (Å²) in [5.41, 5.74) is 1.07. The standard InChI is InChI=1S/C22H20ClFN6O3/c23-17-9-12(24)1-6-16(17)20(31)28-13-2-4-14(5-3-13)29-21(32)18-19(27-11-26-18)22(33)30-15-7-8-25-10-15/h1-6,9,11,15,25H,7-8,10H2,(H,26,27)(H,28,31)(H,29,32)(H,30,33). The molecule has 0 radical (unpaired) electrons. The molecule has 3 aromatic rings. The second kappa shape index (κ2) is 9.80. The Hall–Kier alpha value is -3.76. The summed E-state index contributed by atoms with van der Waals surface area (Å²) in [5.74, 6) is -1.99. The van der Waals surface area contributed by atoms with E-state index in [1.54, 1.807) is 24.3 Å². The van der Waals surface area contributed by atoms with Crippen LogP contribution in [-0.4, -0.2) is 46.8 Å². The van der Waals surface area contributed by atoms with Gasteiger partial charge in [-0.05, 0) is 55.4 Å². The van der Waals surface area contributed by atoms with Crippen molar-refractivity contribution in [2.75, 3.05) is 23.7 Å². The van der Waals surface area contributed by atoms with E-state index in [0.717, 1.165) is 25.1 Å². The number of H-pyrrole nitrogens is 1. The monoisotopic (exact) mass is 470 g/mol. The summed E-state index contributed by atoms with van der Waals surface area (Å²) in [4.78, 5) is 44.2. The van der Waals surface area contributed by atoms with Crippen LogP contribution in [0.4, 0.5) is 15.8 Å². The van der Waals surface area contributed by atoms with Gasteiger partial charge in [-0.1, -0.05) is 11.6 Å². The molecule has 1 aromatic heterocycles. The number of nitrogens with one attached hydrogen (secondary N) is 5. The van der Waals surface area contributed by atoms with Crippen molar-refractivity contribution in [2.45, 2.75) is 12.5 Å². The third-order valence-electron chi connectivity index (χ3n) is 5.05. The number of carbonyl (C=O) groups excluding carboxylic acids is 3. The lowest BCUT2D eigenvalue weighted by Gasteiger charge is -2.11. The zero-order valence-corrected chi connectivity index (χ0v) is 18.0. The van der Waals surface area contributed by atoms with Gasteiger partial charge in [0.1, 0.15) is 11.5 Å². The van der Waals surface area contributed by atoms with Gasteiger partial charge in [0.2, 0.25) is 0 Å². The third kappa shape index (κ3) is 5.36. The molecule has 0 saturated carbocycles. The van der Waals surface area contributed by atoms with Gasteiger partial charge < -0.3 is 26.3 Å². The van der Waals surface area contributed by atoms with Gasteiger partial charge in [0.05, 0.1) is 16.9 Å². The van der Waals surface area contributed by atoms with Crippen molar-refractivity contribution in [1.29, 1.82) is 0 Å². The van der Waals surface area contributed by atoms with Crippen LogP contribution >= 0.6 is 11.6 Å². The molecule has 1 atom stereocenters. The minimum atomic E-state index is -0.555. The molecular formula is C22H20ClFN6O3. The number of amides is 3. The van der Waals surface area contributed by atoms with Crippen LogP contribution in [0.2, 0.25) is 5.02 Å². The van der Waals surface area contributed by atoms with E-state index in [9.17, 15) is 18.8 Å². The number of nitrogens with zero attached hydrogens (tertiary/aromatic N) is 1. The van der Waals surface area contributed by atoms with Crippen molar-refractivity contribution in [3.05, 3.63) is 76.6 Å². The predicted octanol–water partition coefficient (Wildman–Crippen LogP) is 2.80. The van der Waals surface area contributed by atoms with E-state index in [2.05, 4.69) is 31.2 Å². The molecule has 9 nitrogen and oxygen atoms in total. The van der Waals surface area contributed by atoms with Crippen molar-refractivity contribution >= 4 is 40.7 Å². The summed E-state index contributed by atoms with van der Waals surface area (Å²) in [6, 6.07) is 9.82. The lowest BCUT2D eigenvalue weighted by molar-refractivity contribution is 0.0923. The summed E-state index contributed by atoms with van der Waals surface area (Å²) < 4.78 is 13.2. The highest BCUT2D eigenvalue weighted by molar-refractivity contribution is 6.34. The van der Waals surface area contributed by atoms with Gasteiger partial charge in [-0.3, -0.25) is 14.4 Å². The van der Waals surface area contributed by atoms with Gasteiger partial charge in [0, 0.05) is 24.0 Å². The first-order chi connectivity index (χ1) is 15.9. The highest BCUT2D eigenvalue weighted by atomic mass is 35.5. The Bertz CT molecular complexity index is 1190. The van der Waals surface area contributed by atoms with E-state index in [0.29, 0.717) is 17.9 Å². The number of anilines is 2.